The summed E-state index contributed by atoms with van der Waals surface area (Å²) < 4.78 is 11.3. The molecule has 4 atom stereocenters. The number of carbonyl (C=O) groups excluding carboxylic acids is 2. The van der Waals surface area contributed by atoms with Gasteiger partial charge in [0.05, 0.1) is 25.2 Å². The number of amides is 1. The van der Waals surface area contributed by atoms with Crippen molar-refractivity contribution in [3.8, 4) is 0 Å². The van der Waals surface area contributed by atoms with Gasteiger partial charge in [-0.25, -0.2) is 0 Å². The molecule has 2 saturated heterocycles. The van der Waals surface area contributed by atoms with Gasteiger partial charge in [0.1, 0.15) is 11.5 Å². The molecule has 3 aliphatic heterocycles. The van der Waals surface area contributed by atoms with E-state index in [9.17, 15) is 9.59 Å². The molecule has 1 aromatic rings. The monoisotopic (exact) mass is 327 g/mol. The third-order valence-electron chi connectivity index (χ3n) is 5.32. The molecule has 0 radical (unpaired) electrons. The first-order chi connectivity index (χ1) is 11.6. The number of benzene rings is 1. The zero-order chi connectivity index (χ0) is 16.9. The minimum atomic E-state index is -0.694. The fraction of sp³-hybridized carbons (Fsp3) is 0.474. The van der Waals surface area contributed by atoms with Crippen LogP contribution in [0.5, 0.6) is 0 Å². The molecule has 1 amide bonds. The lowest BCUT2D eigenvalue weighted by atomic mass is 9.77. The predicted octanol–water partition coefficient (Wildman–Crippen LogP) is 2.10. The van der Waals surface area contributed by atoms with E-state index in [2.05, 4.69) is 6.92 Å². The van der Waals surface area contributed by atoms with Gasteiger partial charge in [-0.05, 0) is 25.0 Å². The Bertz CT molecular complexity index is 728. The maximum atomic E-state index is 13.2. The quantitative estimate of drug-likeness (QED) is 0.628. The topological polar surface area (TPSA) is 55.8 Å². The molecule has 4 rings (SSSR count). The van der Waals surface area contributed by atoms with Gasteiger partial charge in [0.15, 0.2) is 0 Å². The van der Waals surface area contributed by atoms with Crippen molar-refractivity contribution in [3.05, 3.63) is 42.0 Å². The molecule has 0 unspecified atom stereocenters. The number of carbonyl (C=O) groups is 2. The van der Waals surface area contributed by atoms with Crippen LogP contribution in [0.1, 0.15) is 19.4 Å². The van der Waals surface area contributed by atoms with E-state index >= 15 is 0 Å². The van der Waals surface area contributed by atoms with Crippen LogP contribution in [0, 0.1) is 11.8 Å². The summed E-state index contributed by atoms with van der Waals surface area (Å²) in [6, 6.07) is 7.91. The van der Waals surface area contributed by atoms with Gasteiger partial charge in [0.25, 0.3) is 0 Å². The van der Waals surface area contributed by atoms with Crippen LogP contribution < -0.4 is 4.90 Å². The maximum Gasteiger partial charge on any atom is 0.312 e. The van der Waals surface area contributed by atoms with E-state index in [1.807, 2.05) is 36.4 Å². The standard InChI is InChI=1S/C19H21NO4/c1-3-12-7-5-6-8-13(12)20-11-19-10-9-14(24-19)15(16(19)17(20)21)18(22)23-4-2/h5-10,14-16H,3-4,11H2,1-2H3/t14-,15+,16+,19-/m1/s1. The van der Waals surface area contributed by atoms with Crippen LogP contribution in [0.3, 0.4) is 0 Å². The van der Waals surface area contributed by atoms with Crippen LogP contribution in [-0.4, -0.2) is 36.7 Å². The molecule has 3 heterocycles. The van der Waals surface area contributed by atoms with Crippen LogP contribution in [-0.2, 0) is 25.5 Å². The molecule has 5 nitrogen and oxygen atoms in total. The summed E-state index contributed by atoms with van der Waals surface area (Å²) in [7, 11) is 0. The summed E-state index contributed by atoms with van der Waals surface area (Å²) in [6.07, 6.45) is 4.37. The Labute approximate surface area is 141 Å². The van der Waals surface area contributed by atoms with Crippen molar-refractivity contribution in [3.63, 3.8) is 0 Å². The van der Waals surface area contributed by atoms with Gasteiger partial charge in [-0.2, -0.15) is 0 Å². The maximum absolute atomic E-state index is 13.2. The number of hydrogen-bond donors (Lipinski definition) is 0. The normalized spacial score (nSPS) is 33.2. The molecule has 1 spiro atoms. The van der Waals surface area contributed by atoms with Crippen LogP contribution >= 0.6 is 0 Å². The first kappa shape index (κ1) is 15.4. The van der Waals surface area contributed by atoms with E-state index in [4.69, 9.17) is 9.47 Å². The fourth-order valence-electron chi connectivity index (χ4n) is 4.28. The summed E-state index contributed by atoms with van der Waals surface area (Å²) in [5.41, 5.74) is 1.34. The van der Waals surface area contributed by atoms with Crippen LogP contribution in [0.25, 0.3) is 0 Å². The number of nitrogens with zero attached hydrogens (tertiary/aromatic N) is 1. The number of ether oxygens (including phenoxy) is 2. The zero-order valence-corrected chi connectivity index (χ0v) is 13.9. The van der Waals surface area contributed by atoms with Crippen molar-refractivity contribution in [1.82, 2.24) is 0 Å². The van der Waals surface area contributed by atoms with E-state index in [1.54, 1.807) is 11.8 Å². The SMILES string of the molecule is CCOC(=O)[C@@H]1[C@H]2C(=O)N(c3ccccc3CC)C[C@]23C=C[C@H]1O3. The summed E-state index contributed by atoms with van der Waals surface area (Å²) >= 11 is 0. The second-order valence-electron chi connectivity index (χ2n) is 6.56. The second kappa shape index (κ2) is 5.45. The average Bonchev–Trinajstić information content (AvgIpc) is 3.23. The van der Waals surface area contributed by atoms with Gasteiger partial charge in [-0.3, -0.25) is 9.59 Å². The van der Waals surface area contributed by atoms with Crippen molar-refractivity contribution >= 4 is 17.6 Å². The zero-order valence-electron chi connectivity index (χ0n) is 13.9. The van der Waals surface area contributed by atoms with Crippen LogP contribution in [0.4, 0.5) is 5.69 Å². The number of aryl methyl sites for hydroxylation is 1. The number of esters is 1. The lowest BCUT2D eigenvalue weighted by molar-refractivity contribution is -0.151. The van der Waals surface area contributed by atoms with Gasteiger partial charge in [0.2, 0.25) is 5.91 Å². The van der Waals surface area contributed by atoms with Gasteiger partial charge in [0, 0.05) is 5.69 Å². The number of hydrogen-bond acceptors (Lipinski definition) is 4. The van der Waals surface area contributed by atoms with Gasteiger partial charge in [-0.1, -0.05) is 37.3 Å². The molecule has 24 heavy (non-hydrogen) atoms. The van der Waals surface area contributed by atoms with Gasteiger partial charge >= 0.3 is 5.97 Å². The van der Waals surface area contributed by atoms with Crippen molar-refractivity contribution < 1.29 is 19.1 Å². The molecule has 0 saturated carbocycles. The van der Waals surface area contributed by atoms with Crippen molar-refractivity contribution in [2.75, 3.05) is 18.1 Å². The molecule has 2 fully saturated rings. The van der Waals surface area contributed by atoms with Crippen LogP contribution in [0.15, 0.2) is 36.4 Å². The summed E-state index contributed by atoms with van der Waals surface area (Å²) in [6.45, 7) is 4.61. The minimum absolute atomic E-state index is 0.0409. The largest absolute Gasteiger partial charge is 0.466 e. The number of fused-ring (bicyclic) bond motifs is 1. The first-order valence-electron chi connectivity index (χ1n) is 8.54. The highest BCUT2D eigenvalue weighted by Crippen LogP contribution is 2.53. The molecule has 1 aromatic carbocycles. The Hall–Kier alpha value is -2.14. The molecule has 3 aliphatic rings. The summed E-state index contributed by atoms with van der Waals surface area (Å²) in [5, 5.41) is 0. The fourth-order valence-corrected chi connectivity index (χ4v) is 4.28. The Kier molecular flexibility index (Phi) is 3.49. The smallest absolute Gasteiger partial charge is 0.312 e. The molecule has 2 bridgehead atoms. The number of para-hydroxylation sites is 1. The molecule has 0 aromatic heterocycles. The summed E-state index contributed by atoms with van der Waals surface area (Å²) in [5.74, 6) is -1.41. The highest BCUT2D eigenvalue weighted by molar-refractivity contribution is 6.03. The van der Waals surface area contributed by atoms with Crippen molar-refractivity contribution in [2.24, 2.45) is 11.8 Å². The lowest BCUT2D eigenvalue weighted by Crippen LogP contribution is -2.40. The predicted molar refractivity (Wildman–Crippen MR) is 88.5 cm³/mol. The molecule has 126 valence electrons. The Morgan fingerprint density at radius 1 is 1.38 bits per heavy atom. The number of rotatable bonds is 4. The van der Waals surface area contributed by atoms with Crippen LogP contribution in [0.2, 0.25) is 0 Å². The van der Waals surface area contributed by atoms with E-state index in [0.29, 0.717) is 13.2 Å². The average molecular weight is 327 g/mol. The van der Waals surface area contributed by atoms with Crippen molar-refractivity contribution in [1.29, 1.82) is 0 Å². The molecule has 5 heteroatoms. The van der Waals surface area contributed by atoms with E-state index < -0.39 is 17.4 Å². The van der Waals surface area contributed by atoms with E-state index in [-0.39, 0.29) is 18.0 Å². The van der Waals surface area contributed by atoms with E-state index in [0.717, 1.165) is 17.7 Å². The molecular weight excluding hydrogens is 306 g/mol. The highest BCUT2D eigenvalue weighted by atomic mass is 16.6. The number of anilines is 1. The Morgan fingerprint density at radius 2 is 2.17 bits per heavy atom. The van der Waals surface area contributed by atoms with Crippen molar-refractivity contribution in [2.45, 2.75) is 32.0 Å². The Balaban J connectivity index is 1.71. The summed E-state index contributed by atoms with van der Waals surface area (Å²) in [4.78, 5) is 27.3. The second-order valence-corrected chi connectivity index (χ2v) is 6.56. The molecular formula is C19H21NO4. The third-order valence-corrected chi connectivity index (χ3v) is 5.32. The van der Waals surface area contributed by atoms with E-state index in [1.165, 1.54) is 0 Å². The van der Waals surface area contributed by atoms with Gasteiger partial charge in [-0.15, -0.1) is 0 Å². The molecule has 0 N–H and O–H groups in total. The molecule has 0 aliphatic carbocycles. The Morgan fingerprint density at radius 3 is 2.92 bits per heavy atom. The minimum Gasteiger partial charge on any atom is -0.466 e. The third kappa shape index (κ3) is 1.97. The van der Waals surface area contributed by atoms with Gasteiger partial charge < -0.3 is 14.4 Å². The highest BCUT2D eigenvalue weighted by Gasteiger charge is 2.67. The first-order valence-corrected chi connectivity index (χ1v) is 8.54. The lowest BCUT2D eigenvalue weighted by Gasteiger charge is -2.23.